The topological polar surface area (TPSA) is 111 Å². The van der Waals surface area contributed by atoms with Gasteiger partial charge in [0.1, 0.15) is 23.6 Å². The van der Waals surface area contributed by atoms with E-state index in [1.807, 2.05) is 24.3 Å². The Balaban J connectivity index is 1.77. The fraction of sp³-hybridized carbons (Fsp3) is 0.542. The maximum Gasteiger partial charge on any atom is 0.509 e. The molecule has 1 fully saturated rings. The lowest BCUT2D eigenvalue weighted by molar-refractivity contribution is -0.0486. The summed E-state index contributed by atoms with van der Waals surface area (Å²) in [6.07, 6.45) is -0.130. The molecule has 180 valence electrons. The number of aliphatic hydroxyl groups excluding tert-OH is 1. The first-order valence-corrected chi connectivity index (χ1v) is 10.9. The Labute approximate surface area is 193 Å². The van der Waals surface area contributed by atoms with E-state index in [-0.39, 0.29) is 6.54 Å². The number of hydrogen-bond acceptors (Lipinski definition) is 8. The SMILES string of the molecule is CC(C)(C)OC(=O)O[C@H]1CN(C(=O)OC(C)(C)C)[C@H](Cc2ccc(-c3ncco3)cc2)[C@@H]1O. The van der Waals surface area contributed by atoms with Gasteiger partial charge in [-0.2, -0.15) is 0 Å². The Morgan fingerprint density at radius 3 is 2.27 bits per heavy atom. The van der Waals surface area contributed by atoms with Crippen LogP contribution in [0.15, 0.2) is 41.1 Å². The molecule has 1 aliphatic rings. The van der Waals surface area contributed by atoms with Gasteiger partial charge in [0.15, 0.2) is 6.10 Å². The van der Waals surface area contributed by atoms with Crippen LogP contribution in [-0.4, -0.2) is 63.2 Å². The molecule has 9 nitrogen and oxygen atoms in total. The molecule has 3 rings (SSSR count). The molecule has 0 bridgehead atoms. The summed E-state index contributed by atoms with van der Waals surface area (Å²) in [5, 5.41) is 11.0. The van der Waals surface area contributed by atoms with E-state index in [1.54, 1.807) is 47.7 Å². The van der Waals surface area contributed by atoms with Gasteiger partial charge >= 0.3 is 12.2 Å². The van der Waals surface area contributed by atoms with E-state index in [1.165, 1.54) is 11.2 Å². The Morgan fingerprint density at radius 2 is 1.73 bits per heavy atom. The number of hydrogen-bond donors (Lipinski definition) is 1. The highest BCUT2D eigenvalue weighted by Crippen LogP contribution is 2.28. The third kappa shape index (κ3) is 6.71. The van der Waals surface area contributed by atoms with Crippen LogP contribution in [0.4, 0.5) is 9.59 Å². The number of benzene rings is 1. The standard InChI is InChI=1S/C24H32N2O7/c1-23(2,3)32-21(28)26-14-18(31-22(29)33-24(4,5)6)19(27)17(26)13-15-7-9-16(10-8-15)20-25-11-12-30-20/h7-12,17-19,27H,13-14H2,1-6H3/t17-,18+,19+/m1/s1. The minimum atomic E-state index is -1.11. The zero-order valence-electron chi connectivity index (χ0n) is 19.9. The lowest BCUT2D eigenvalue weighted by atomic mass is 10.00. The van der Waals surface area contributed by atoms with E-state index in [0.717, 1.165) is 11.1 Å². The van der Waals surface area contributed by atoms with Crippen molar-refractivity contribution in [3.63, 3.8) is 0 Å². The van der Waals surface area contributed by atoms with Crippen molar-refractivity contribution in [2.45, 2.75) is 77.4 Å². The average molecular weight is 461 g/mol. The predicted molar refractivity (Wildman–Crippen MR) is 119 cm³/mol. The molecule has 0 spiro atoms. The average Bonchev–Trinajstić information content (AvgIpc) is 3.30. The highest BCUT2D eigenvalue weighted by Gasteiger charge is 2.47. The van der Waals surface area contributed by atoms with Crippen LogP contribution in [0.25, 0.3) is 11.5 Å². The van der Waals surface area contributed by atoms with Gasteiger partial charge in [-0.1, -0.05) is 12.1 Å². The third-order valence-electron chi connectivity index (χ3n) is 4.90. The van der Waals surface area contributed by atoms with Gasteiger partial charge in [-0.15, -0.1) is 0 Å². The van der Waals surface area contributed by atoms with Crippen molar-refractivity contribution in [3.05, 3.63) is 42.3 Å². The molecule has 1 N–H and O–H groups in total. The van der Waals surface area contributed by atoms with Crippen LogP contribution in [0, 0.1) is 0 Å². The van der Waals surface area contributed by atoms with Gasteiger partial charge in [0.25, 0.3) is 0 Å². The number of rotatable bonds is 4. The quantitative estimate of drug-likeness (QED) is 0.676. The summed E-state index contributed by atoms with van der Waals surface area (Å²) in [4.78, 5) is 30.6. The summed E-state index contributed by atoms with van der Waals surface area (Å²) in [7, 11) is 0. The van der Waals surface area contributed by atoms with Crippen LogP contribution >= 0.6 is 0 Å². The van der Waals surface area contributed by atoms with Crippen LogP contribution in [0.5, 0.6) is 0 Å². The second kappa shape index (κ2) is 9.43. The first-order valence-electron chi connectivity index (χ1n) is 10.9. The largest absolute Gasteiger partial charge is 0.509 e. The molecule has 1 aromatic carbocycles. The molecule has 1 aromatic heterocycles. The van der Waals surface area contributed by atoms with Crippen molar-refractivity contribution < 1.29 is 33.3 Å². The molecular formula is C24H32N2O7. The van der Waals surface area contributed by atoms with Crippen molar-refractivity contribution in [2.24, 2.45) is 0 Å². The molecule has 1 aliphatic heterocycles. The third-order valence-corrected chi connectivity index (χ3v) is 4.90. The first kappa shape index (κ1) is 24.6. The summed E-state index contributed by atoms with van der Waals surface area (Å²) in [6, 6.07) is 6.81. The normalized spacial score (nSPS) is 21.1. The molecule has 0 saturated carbocycles. The van der Waals surface area contributed by atoms with Gasteiger partial charge in [0.2, 0.25) is 5.89 Å². The van der Waals surface area contributed by atoms with Gasteiger partial charge in [0, 0.05) is 5.56 Å². The first-order chi connectivity index (χ1) is 15.3. The molecular weight excluding hydrogens is 428 g/mol. The van der Waals surface area contributed by atoms with Gasteiger partial charge < -0.3 is 23.7 Å². The zero-order chi connectivity index (χ0) is 24.4. The van der Waals surface area contributed by atoms with Crippen molar-refractivity contribution in [3.8, 4) is 11.5 Å². The van der Waals surface area contributed by atoms with Gasteiger partial charge in [-0.3, -0.25) is 4.90 Å². The van der Waals surface area contributed by atoms with E-state index in [2.05, 4.69) is 4.98 Å². The number of ether oxygens (including phenoxy) is 3. The van der Waals surface area contributed by atoms with E-state index in [0.29, 0.717) is 12.3 Å². The Hall–Kier alpha value is -3.07. The maximum absolute atomic E-state index is 12.9. The minimum absolute atomic E-state index is 0.00557. The summed E-state index contributed by atoms with van der Waals surface area (Å²) in [5.41, 5.74) is 0.232. The van der Waals surface area contributed by atoms with Crippen molar-refractivity contribution in [1.82, 2.24) is 9.88 Å². The lowest BCUT2D eigenvalue weighted by Gasteiger charge is -2.29. The molecule has 9 heteroatoms. The Kier molecular flexibility index (Phi) is 7.02. The molecule has 1 amide bonds. The Bertz CT molecular complexity index is 943. The summed E-state index contributed by atoms with van der Waals surface area (Å²) in [6.45, 7) is 10.5. The van der Waals surface area contributed by atoms with Crippen LogP contribution in [0.3, 0.4) is 0 Å². The number of aliphatic hydroxyl groups is 1. The number of nitrogens with zero attached hydrogens (tertiary/aromatic N) is 2. The van der Waals surface area contributed by atoms with E-state index in [9.17, 15) is 14.7 Å². The number of amides is 1. The molecule has 0 radical (unpaired) electrons. The van der Waals surface area contributed by atoms with Crippen LogP contribution < -0.4 is 0 Å². The molecule has 2 heterocycles. The highest BCUT2D eigenvalue weighted by atomic mass is 16.7. The van der Waals surface area contributed by atoms with Crippen molar-refractivity contribution in [1.29, 1.82) is 0 Å². The van der Waals surface area contributed by atoms with E-state index in [4.69, 9.17) is 18.6 Å². The zero-order valence-corrected chi connectivity index (χ0v) is 19.9. The fourth-order valence-corrected chi connectivity index (χ4v) is 3.53. The molecule has 33 heavy (non-hydrogen) atoms. The fourth-order valence-electron chi connectivity index (χ4n) is 3.53. The number of carbonyl (C=O) groups is 2. The highest BCUT2D eigenvalue weighted by molar-refractivity contribution is 5.70. The second-order valence-electron chi connectivity index (χ2n) is 10.0. The summed E-state index contributed by atoms with van der Waals surface area (Å²) < 4.78 is 21.4. The van der Waals surface area contributed by atoms with Crippen molar-refractivity contribution >= 4 is 12.2 Å². The van der Waals surface area contributed by atoms with Crippen LogP contribution in [-0.2, 0) is 20.6 Å². The summed E-state index contributed by atoms with van der Waals surface area (Å²) in [5.74, 6) is 0.503. The monoisotopic (exact) mass is 460 g/mol. The van der Waals surface area contributed by atoms with Crippen LogP contribution in [0.1, 0.15) is 47.1 Å². The van der Waals surface area contributed by atoms with Gasteiger partial charge in [0.05, 0.1) is 18.8 Å². The van der Waals surface area contributed by atoms with Crippen LogP contribution in [0.2, 0.25) is 0 Å². The lowest BCUT2D eigenvalue weighted by Crippen LogP contribution is -2.43. The number of aromatic nitrogens is 1. The number of oxazole rings is 1. The maximum atomic E-state index is 12.9. The van der Waals surface area contributed by atoms with Crippen molar-refractivity contribution in [2.75, 3.05) is 6.54 Å². The van der Waals surface area contributed by atoms with E-state index >= 15 is 0 Å². The molecule has 1 saturated heterocycles. The Morgan fingerprint density at radius 1 is 1.09 bits per heavy atom. The number of carbonyl (C=O) groups excluding carboxylic acids is 2. The van der Waals surface area contributed by atoms with E-state index < -0.39 is 41.7 Å². The number of likely N-dealkylation sites (tertiary alicyclic amines) is 1. The molecule has 0 unspecified atom stereocenters. The minimum Gasteiger partial charge on any atom is -0.445 e. The second-order valence-corrected chi connectivity index (χ2v) is 10.0. The smallest absolute Gasteiger partial charge is 0.445 e. The molecule has 2 aromatic rings. The summed E-state index contributed by atoms with van der Waals surface area (Å²) >= 11 is 0. The van der Waals surface area contributed by atoms with Gasteiger partial charge in [-0.05, 0) is 65.7 Å². The van der Waals surface area contributed by atoms with Gasteiger partial charge in [-0.25, -0.2) is 14.6 Å². The molecule has 3 atom stereocenters. The molecule has 0 aliphatic carbocycles. The predicted octanol–water partition coefficient (Wildman–Crippen LogP) is 4.18.